The first-order valence-corrected chi connectivity index (χ1v) is 13.4. The van der Waals surface area contributed by atoms with E-state index in [9.17, 15) is 9.59 Å². The molecule has 1 aromatic rings. The van der Waals surface area contributed by atoms with Crippen LogP contribution in [-0.4, -0.2) is 60.0 Å². The molecule has 9 nitrogen and oxygen atoms in total. The van der Waals surface area contributed by atoms with Crippen LogP contribution in [0.25, 0.3) is 0 Å². The van der Waals surface area contributed by atoms with Gasteiger partial charge in [-0.15, -0.1) is 0 Å². The summed E-state index contributed by atoms with van der Waals surface area (Å²) in [6.45, 7) is 2.83. The maximum absolute atomic E-state index is 12.8. The van der Waals surface area contributed by atoms with Crippen LogP contribution in [0.3, 0.4) is 0 Å². The van der Waals surface area contributed by atoms with Gasteiger partial charge in [0.15, 0.2) is 0 Å². The second kappa shape index (κ2) is 11.2. The van der Waals surface area contributed by atoms with Crippen molar-refractivity contribution >= 4 is 17.6 Å². The Hall–Kier alpha value is -2.20. The number of rotatable bonds is 6. The summed E-state index contributed by atoms with van der Waals surface area (Å²) in [7, 11) is 0. The van der Waals surface area contributed by atoms with Gasteiger partial charge in [0.25, 0.3) is 0 Å². The molecule has 6 N–H and O–H groups in total. The standard InChI is InChI=1S/C26H40N6O3/c33-22(34)15-17-5-7-18(8-6-17)19-9-11-20(12-10-19)28-24-23-21(16-27-31-25(23)35)29-26(30-24)32-13-3-1-2-4-14-32/h9-12,17-18,21,23-24,26-30H,1-8,13-16H2,(H,31,35)(H,33,34). The van der Waals surface area contributed by atoms with Gasteiger partial charge in [-0.2, -0.15) is 0 Å². The van der Waals surface area contributed by atoms with Crippen LogP contribution in [0.1, 0.15) is 69.3 Å². The van der Waals surface area contributed by atoms with Crippen molar-refractivity contribution in [3.05, 3.63) is 29.8 Å². The Bertz CT molecular complexity index is 864. The monoisotopic (exact) mass is 484 g/mol. The average Bonchev–Trinajstić information content (AvgIpc) is 3.14. The zero-order valence-corrected chi connectivity index (χ0v) is 20.5. The summed E-state index contributed by atoms with van der Waals surface area (Å²) in [6, 6.07) is 8.68. The number of amides is 1. The van der Waals surface area contributed by atoms with Crippen molar-refractivity contribution in [2.45, 2.75) is 82.2 Å². The highest BCUT2D eigenvalue weighted by Gasteiger charge is 2.45. The van der Waals surface area contributed by atoms with Crippen LogP contribution < -0.4 is 26.8 Å². The predicted octanol–water partition coefficient (Wildman–Crippen LogP) is 2.14. The van der Waals surface area contributed by atoms with E-state index >= 15 is 0 Å². The largest absolute Gasteiger partial charge is 0.481 e. The Morgan fingerprint density at radius 3 is 2.40 bits per heavy atom. The fraction of sp³-hybridized carbons (Fsp3) is 0.692. The van der Waals surface area contributed by atoms with Crippen LogP contribution in [0.15, 0.2) is 24.3 Å². The number of carbonyl (C=O) groups is 2. The van der Waals surface area contributed by atoms with Crippen molar-refractivity contribution in [1.29, 1.82) is 0 Å². The SMILES string of the molecule is O=C(O)CC1CCC(c2ccc(NC3NC(N4CCCCCC4)NC4CNNC(=O)C43)cc2)CC1. The van der Waals surface area contributed by atoms with E-state index in [1.807, 2.05) is 0 Å². The number of carboxylic acid groups (broad SMARTS) is 1. The van der Waals surface area contributed by atoms with Crippen LogP contribution in [-0.2, 0) is 9.59 Å². The smallest absolute Gasteiger partial charge is 0.303 e. The van der Waals surface area contributed by atoms with Crippen LogP contribution in [0.2, 0.25) is 0 Å². The van der Waals surface area contributed by atoms with E-state index in [4.69, 9.17) is 5.11 Å². The third kappa shape index (κ3) is 5.97. The van der Waals surface area contributed by atoms with Crippen LogP contribution >= 0.6 is 0 Å². The van der Waals surface area contributed by atoms with Crippen LogP contribution in [0.4, 0.5) is 5.69 Å². The van der Waals surface area contributed by atoms with E-state index in [0.717, 1.165) is 44.5 Å². The molecule has 0 spiro atoms. The number of carbonyl (C=O) groups excluding carboxylic acids is 1. The number of hydrogen-bond acceptors (Lipinski definition) is 7. The minimum absolute atomic E-state index is 0.00260. The maximum atomic E-state index is 12.8. The minimum Gasteiger partial charge on any atom is -0.481 e. The molecule has 3 aliphatic heterocycles. The highest BCUT2D eigenvalue weighted by molar-refractivity contribution is 5.81. The average molecular weight is 485 g/mol. The van der Waals surface area contributed by atoms with Gasteiger partial charge in [-0.3, -0.25) is 30.5 Å². The second-order valence-corrected chi connectivity index (χ2v) is 10.7. The highest BCUT2D eigenvalue weighted by Crippen LogP contribution is 2.37. The lowest BCUT2D eigenvalue weighted by Crippen LogP contribution is -2.76. The van der Waals surface area contributed by atoms with Crippen molar-refractivity contribution in [2.75, 3.05) is 25.0 Å². The lowest BCUT2D eigenvalue weighted by Gasteiger charge is -2.48. The molecule has 9 heteroatoms. The number of nitrogens with zero attached hydrogens (tertiary/aromatic N) is 1. The number of anilines is 1. The molecule has 1 aromatic carbocycles. The number of aliphatic carboxylic acids is 1. The van der Waals surface area contributed by atoms with E-state index in [1.165, 1.54) is 31.2 Å². The van der Waals surface area contributed by atoms with Gasteiger partial charge < -0.3 is 10.4 Å². The van der Waals surface area contributed by atoms with Gasteiger partial charge >= 0.3 is 5.97 Å². The number of benzene rings is 1. The third-order valence-corrected chi connectivity index (χ3v) is 8.36. The summed E-state index contributed by atoms with van der Waals surface area (Å²) in [6.07, 6.45) is 9.23. The van der Waals surface area contributed by atoms with E-state index in [-0.39, 0.29) is 30.3 Å². The lowest BCUT2D eigenvalue weighted by molar-refractivity contribution is -0.138. The van der Waals surface area contributed by atoms with Crippen LogP contribution in [0.5, 0.6) is 0 Å². The van der Waals surface area contributed by atoms with E-state index < -0.39 is 5.97 Å². The Balaban J connectivity index is 1.24. The molecular weight excluding hydrogens is 444 g/mol. The second-order valence-electron chi connectivity index (χ2n) is 10.7. The summed E-state index contributed by atoms with van der Waals surface area (Å²) >= 11 is 0. The van der Waals surface area contributed by atoms with E-state index in [2.05, 4.69) is 56.0 Å². The van der Waals surface area contributed by atoms with Gasteiger partial charge in [0.2, 0.25) is 5.91 Å². The van der Waals surface area contributed by atoms with Crippen molar-refractivity contribution in [1.82, 2.24) is 26.4 Å². The first kappa shape index (κ1) is 24.5. The fourth-order valence-corrected chi connectivity index (χ4v) is 6.39. The molecule has 192 valence electrons. The number of carboxylic acids is 1. The van der Waals surface area contributed by atoms with Crippen molar-refractivity contribution in [2.24, 2.45) is 11.8 Å². The Kier molecular flexibility index (Phi) is 7.87. The van der Waals surface area contributed by atoms with Crippen molar-refractivity contribution in [3.63, 3.8) is 0 Å². The molecule has 1 aliphatic carbocycles. The minimum atomic E-state index is -0.682. The molecule has 4 unspecified atom stereocenters. The molecule has 3 heterocycles. The molecule has 1 saturated carbocycles. The van der Waals surface area contributed by atoms with Gasteiger partial charge in [-0.1, -0.05) is 25.0 Å². The maximum Gasteiger partial charge on any atom is 0.303 e. The number of likely N-dealkylation sites (tertiary alicyclic amines) is 1. The predicted molar refractivity (Wildman–Crippen MR) is 134 cm³/mol. The summed E-state index contributed by atoms with van der Waals surface area (Å²) < 4.78 is 0. The molecule has 1 amide bonds. The Morgan fingerprint density at radius 2 is 1.71 bits per heavy atom. The summed E-state index contributed by atoms with van der Waals surface area (Å²) in [5.74, 6) is -0.0837. The fourth-order valence-electron chi connectivity index (χ4n) is 6.39. The lowest BCUT2D eigenvalue weighted by atomic mass is 9.77. The molecule has 0 aromatic heterocycles. The molecule has 4 aliphatic rings. The summed E-state index contributed by atoms with van der Waals surface area (Å²) in [5.41, 5.74) is 8.18. The van der Waals surface area contributed by atoms with Gasteiger partial charge in [-0.25, -0.2) is 5.43 Å². The molecule has 0 bridgehead atoms. The number of hydrogen-bond donors (Lipinski definition) is 6. The van der Waals surface area contributed by atoms with Gasteiger partial charge in [-0.05, 0) is 68.1 Å². The first-order valence-electron chi connectivity index (χ1n) is 13.4. The number of nitrogens with one attached hydrogen (secondary N) is 5. The van der Waals surface area contributed by atoms with E-state index in [0.29, 0.717) is 24.8 Å². The molecule has 4 atom stereocenters. The topological polar surface area (TPSA) is 118 Å². The number of hydrazine groups is 1. The summed E-state index contributed by atoms with van der Waals surface area (Å²) in [4.78, 5) is 26.3. The van der Waals surface area contributed by atoms with E-state index in [1.54, 1.807) is 0 Å². The third-order valence-electron chi connectivity index (χ3n) is 8.36. The van der Waals surface area contributed by atoms with Gasteiger partial charge in [0.1, 0.15) is 6.29 Å². The quantitative estimate of drug-likeness (QED) is 0.364. The molecule has 35 heavy (non-hydrogen) atoms. The molecule has 5 rings (SSSR count). The molecular formula is C26H40N6O3. The molecule has 3 saturated heterocycles. The Labute approximate surface area is 207 Å². The van der Waals surface area contributed by atoms with Gasteiger partial charge in [0, 0.05) is 37.8 Å². The van der Waals surface area contributed by atoms with Gasteiger partial charge in [0.05, 0.1) is 12.1 Å². The van der Waals surface area contributed by atoms with Crippen molar-refractivity contribution in [3.8, 4) is 0 Å². The first-order chi connectivity index (χ1) is 17.1. The van der Waals surface area contributed by atoms with Crippen molar-refractivity contribution < 1.29 is 14.7 Å². The molecule has 0 radical (unpaired) electrons. The Morgan fingerprint density at radius 1 is 1.00 bits per heavy atom. The number of fused-ring (bicyclic) bond motifs is 1. The van der Waals surface area contributed by atoms with Crippen LogP contribution in [0, 0.1) is 11.8 Å². The highest BCUT2D eigenvalue weighted by atomic mass is 16.4. The molecule has 4 fully saturated rings. The zero-order valence-electron chi connectivity index (χ0n) is 20.5. The zero-order chi connectivity index (χ0) is 24.2. The summed E-state index contributed by atoms with van der Waals surface area (Å²) in [5, 5.41) is 20.1. The normalized spacial score (nSPS) is 34.3.